The lowest BCUT2D eigenvalue weighted by Crippen LogP contribution is -2.27. The van der Waals surface area contributed by atoms with E-state index >= 15 is 0 Å². The molecule has 28 heavy (non-hydrogen) atoms. The smallest absolute Gasteiger partial charge is 0.295 e. The summed E-state index contributed by atoms with van der Waals surface area (Å²) in [6.45, 7) is 0.440. The number of ether oxygens (including phenoxy) is 3. The quantitative estimate of drug-likeness (QED) is 0.355. The number of nitrogens with one attached hydrogen (secondary N) is 1. The maximum absolute atomic E-state index is 14.7. The van der Waals surface area contributed by atoms with Gasteiger partial charge in [0.2, 0.25) is 0 Å². The van der Waals surface area contributed by atoms with Gasteiger partial charge in [0, 0.05) is 12.7 Å². The number of pyridine rings is 1. The Morgan fingerprint density at radius 3 is 2.71 bits per heavy atom. The van der Waals surface area contributed by atoms with Gasteiger partial charge in [-0.3, -0.25) is 4.79 Å². The number of aromatic nitrogens is 1. The number of nitrogens with zero attached hydrogens (tertiary/aromatic N) is 1. The third-order valence-corrected chi connectivity index (χ3v) is 4.16. The first kappa shape index (κ1) is 22.1. The van der Waals surface area contributed by atoms with E-state index in [1.807, 2.05) is 0 Å². The molecule has 0 aliphatic rings. The van der Waals surface area contributed by atoms with E-state index in [-0.39, 0.29) is 51.8 Å². The molecule has 0 radical (unpaired) electrons. The van der Waals surface area contributed by atoms with Crippen LogP contribution in [0.2, 0.25) is 10.0 Å². The second-order valence-corrected chi connectivity index (χ2v) is 6.08. The molecule has 152 valence electrons. The van der Waals surface area contributed by atoms with Crippen LogP contribution in [0.15, 0.2) is 18.2 Å². The Morgan fingerprint density at radius 1 is 1.29 bits per heavy atom. The molecule has 2 rings (SSSR count). The normalized spacial score (nSPS) is 10.8. The number of amides is 1. The van der Waals surface area contributed by atoms with Gasteiger partial charge in [-0.05, 0) is 18.2 Å². The standard InChI is InChI=1S/C17H18Cl2FN3O5/c1-25-5-6-27-8-28-23-17(24)15-13(19)11(21)7-12(22-15)9-3-4-10(18)16(26-2)14(9)20/h3-4,7H,5-6,8H2,1-2H3,(H2,21,22)(H,23,24). The first-order valence-corrected chi connectivity index (χ1v) is 8.63. The van der Waals surface area contributed by atoms with Crippen molar-refractivity contribution >= 4 is 34.8 Å². The molecule has 0 fully saturated rings. The lowest BCUT2D eigenvalue weighted by atomic mass is 10.1. The molecule has 0 saturated carbocycles. The number of hydrogen-bond acceptors (Lipinski definition) is 7. The minimum atomic E-state index is -0.782. The van der Waals surface area contributed by atoms with Gasteiger partial charge in [-0.25, -0.2) is 19.7 Å². The second kappa shape index (κ2) is 10.4. The first-order chi connectivity index (χ1) is 13.4. The van der Waals surface area contributed by atoms with Crippen molar-refractivity contribution < 1.29 is 28.2 Å². The highest BCUT2D eigenvalue weighted by molar-refractivity contribution is 6.36. The molecule has 1 aromatic carbocycles. The highest BCUT2D eigenvalue weighted by Gasteiger charge is 2.21. The van der Waals surface area contributed by atoms with Crippen LogP contribution in [0.5, 0.6) is 5.75 Å². The van der Waals surface area contributed by atoms with E-state index in [2.05, 4.69) is 10.5 Å². The number of hydrogen-bond donors (Lipinski definition) is 2. The van der Waals surface area contributed by atoms with E-state index in [0.29, 0.717) is 6.61 Å². The van der Waals surface area contributed by atoms with E-state index in [0.717, 1.165) is 0 Å². The molecule has 8 nitrogen and oxygen atoms in total. The fourth-order valence-electron chi connectivity index (χ4n) is 2.14. The first-order valence-electron chi connectivity index (χ1n) is 7.87. The Kier molecular flexibility index (Phi) is 8.21. The Labute approximate surface area is 170 Å². The van der Waals surface area contributed by atoms with Gasteiger partial charge in [-0.1, -0.05) is 23.2 Å². The Hall–Kier alpha value is -2.17. The zero-order chi connectivity index (χ0) is 20.7. The zero-order valence-corrected chi connectivity index (χ0v) is 16.6. The van der Waals surface area contributed by atoms with E-state index in [9.17, 15) is 9.18 Å². The topological polar surface area (TPSA) is 105 Å². The highest BCUT2D eigenvalue weighted by atomic mass is 35.5. The summed E-state index contributed by atoms with van der Waals surface area (Å²) >= 11 is 12.0. The molecule has 0 aliphatic carbocycles. The summed E-state index contributed by atoms with van der Waals surface area (Å²) in [6, 6.07) is 4.16. The van der Waals surface area contributed by atoms with Crippen LogP contribution in [0.4, 0.5) is 10.1 Å². The van der Waals surface area contributed by atoms with Gasteiger partial charge in [0.1, 0.15) is 0 Å². The lowest BCUT2D eigenvalue weighted by Gasteiger charge is -2.12. The van der Waals surface area contributed by atoms with Crippen molar-refractivity contribution in [3.8, 4) is 17.0 Å². The van der Waals surface area contributed by atoms with Gasteiger partial charge >= 0.3 is 0 Å². The number of methoxy groups -OCH3 is 2. The molecule has 2 aromatic rings. The van der Waals surface area contributed by atoms with Crippen LogP contribution in [0, 0.1) is 5.82 Å². The van der Waals surface area contributed by atoms with Gasteiger partial charge in [-0.15, -0.1) is 0 Å². The molecule has 0 saturated heterocycles. The SMILES string of the molecule is COCCOCONC(=O)c1nc(-c2ccc(Cl)c(OC)c2F)cc(N)c1Cl. The van der Waals surface area contributed by atoms with Crippen LogP contribution in [-0.4, -0.2) is 45.1 Å². The van der Waals surface area contributed by atoms with Crippen LogP contribution in [0.3, 0.4) is 0 Å². The number of nitrogens with two attached hydrogens (primary N) is 1. The summed E-state index contributed by atoms with van der Waals surface area (Å²) in [5, 5.41) is -0.0167. The van der Waals surface area contributed by atoms with Gasteiger partial charge in [0.05, 0.1) is 41.8 Å². The second-order valence-electron chi connectivity index (χ2n) is 5.30. The maximum atomic E-state index is 14.7. The van der Waals surface area contributed by atoms with E-state index < -0.39 is 11.7 Å². The predicted molar refractivity (Wildman–Crippen MR) is 102 cm³/mol. The summed E-state index contributed by atoms with van der Waals surface area (Å²) in [5.41, 5.74) is 7.84. The van der Waals surface area contributed by atoms with Crippen molar-refractivity contribution in [3.05, 3.63) is 39.8 Å². The van der Waals surface area contributed by atoms with Crippen LogP contribution < -0.4 is 16.0 Å². The number of hydroxylamine groups is 1. The number of carbonyl (C=O) groups is 1. The van der Waals surface area contributed by atoms with Crippen LogP contribution in [0.1, 0.15) is 10.5 Å². The van der Waals surface area contributed by atoms with Crippen molar-refractivity contribution in [2.24, 2.45) is 0 Å². The number of anilines is 1. The molecule has 0 unspecified atom stereocenters. The predicted octanol–water partition coefficient (Wildman–Crippen LogP) is 3.07. The summed E-state index contributed by atoms with van der Waals surface area (Å²) in [4.78, 5) is 21.3. The average Bonchev–Trinajstić information content (AvgIpc) is 2.67. The van der Waals surface area contributed by atoms with Gasteiger partial charge in [0.15, 0.2) is 24.1 Å². The average molecular weight is 434 g/mol. The monoisotopic (exact) mass is 433 g/mol. The summed E-state index contributed by atoms with van der Waals surface area (Å²) in [7, 11) is 2.80. The molecule has 0 spiro atoms. The molecular weight excluding hydrogens is 416 g/mol. The van der Waals surface area contributed by atoms with Crippen molar-refractivity contribution in [2.45, 2.75) is 0 Å². The van der Waals surface area contributed by atoms with E-state index in [1.165, 1.54) is 32.4 Å². The van der Waals surface area contributed by atoms with Gasteiger partial charge in [-0.2, -0.15) is 0 Å². The summed E-state index contributed by atoms with van der Waals surface area (Å²) < 4.78 is 29.5. The summed E-state index contributed by atoms with van der Waals surface area (Å²) in [6.07, 6.45) is 0. The lowest BCUT2D eigenvalue weighted by molar-refractivity contribution is -0.0960. The van der Waals surface area contributed by atoms with E-state index in [4.69, 9.17) is 48.0 Å². The van der Waals surface area contributed by atoms with Gasteiger partial charge < -0.3 is 19.9 Å². The molecular formula is C17H18Cl2FN3O5. The molecule has 3 N–H and O–H groups in total. The minimum absolute atomic E-state index is 0.0291. The van der Waals surface area contributed by atoms with Crippen molar-refractivity contribution in [3.63, 3.8) is 0 Å². The molecule has 11 heteroatoms. The number of benzene rings is 1. The Balaban J connectivity index is 2.24. The molecule has 1 aromatic heterocycles. The third kappa shape index (κ3) is 5.21. The van der Waals surface area contributed by atoms with Crippen molar-refractivity contribution in [1.82, 2.24) is 10.5 Å². The largest absolute Gasteiger partial charge is 0.492 e. The fraction of sp³-hybridized carbons (Fsp3) is 0.294. The van der Waals surface area contributed by atoms with E-state index in [1.54, 1.807) is 0 Å². The molecule has 1 amide bonds. The Morgan fingerprint density at radius 2 is 2.04 bits per heavy atom. The van der Waals surface area contributed by atoms with Crippen molar-refractivity contribution in [1.29, 1.82) is 0 Å². The zero-order valence-electron chi connectivity index (χ0n) is 15.1. The number of carbonyl (C=O) groups excluding carboxylic acids is 1. The molecule has 0 aliphatic heterocycles. The van der Waals surface area contributed by atoms with Crippen LogP contribution in [0.25, 0.3) is 11.3 Å². The third-order valence-electron chi connectivity index (χ3n) is 3.47. The maximum Gasteiger partial charge on any atom is 0.295 e. The number of rotatable bonds is 9. The highest BCUT2D eigenvalue weighted by Crippen LogP contribution is 2.36. The Bertz CT molecular complexity index is 854. The summed E-state index contributed by atoms with van der Waals surface area (Å²) in [5.74, 6) is -1.69. The van der Waals surface area contributed by atoms with Crippen LogP contribution in [-0.2, 0) is 14.3 Å². The number of nitrogen functional groups attached to an aromatic ring is 1. The van der Waals surface area contributed by atoms with Crippen molar-refractivity contribution in [2.75, 3.05) is 40.0 Å². The van der Waals surface area contributed by atoms with Gasteiger partial charge in [0.25, 0.3) is 5.91 Å². The molecule has 0 bridgehead atoms. The fourth-order valence-corrected chi connectivity index (χ4v) is 2.55. The number of halogens is 3. The molecule has 1 heterocycles. The molecule has 0 atom stereocenters. The van der Waals surface area contributed by atoms with Crippen LogP contribution >= 0.6 is 23.2 Å². The minimum Gasteiger partial charge on any atom is -0.492 e.